The largest absolute Gasteiger partial charge is 0.247 e. The molecule has 0 radical (unpaired) electrons. The summed E-state index contributed by atoms with van der Waals surface area (Å²) in [6.07, 6.45) is 0.999. The summed E-state index contributed by atoms with van der Waals surface area (Å²) in [5, 5.41) is 0.0544. The molecule has 0 amide bonds. The Balaban J connectivity index is 2.49. The zero-order chi connectivity index (χ0) is 7.72. The molecule has 1 rings (SSSR count). The Kier molecular flexibility index (Phi) is 2.56. The highest BCUT2D eigenvalue weighted by Gasteiger charge is 2.31. The van der Waals surface area contributed by atoms with Crippen LogP contribution >= 0.6 is 11.6 Å². The Morgan fingerprint density at radius 1 is 1.30 bits per heavy atom. The van der Waals surface area contributed by atoms with Gasteiger partial charge in [0.15, 0.2) is 0 Å². The van der Waals surface area contributed by atoms with Crippen molar-refractivity contribution in [2.45, 2.75) is 38.2 Å². The molecular weight excluding hydrogens is 151 g/mol. The van der Waals surface area contributed by atoms with Crippen LogP contribution in [0.15, 0.2) is 0 Å². The number of hydrogen-bond donors (Lipinski definition) is 0. The monoisotopic (exact) mass is 164 g/mol. The minimum Gasteiger partial charge on any atom is -0.247 e. The summed E-state index contributed by atoms with van der Waals surface area (Å²) in [4.78, 5) is 0. The van der Waals surface area contributed by atoms with Crippen molar-refractivity contribution in [2.24, 2.45) is 11.8 Å². The van der Waals surface area contributed by atoms with Crippen LogP contribution in [0.1, 0.15) is 26.7 Å². The van der Waals surface area contributed by atoms with Crippen LogP contribution in [0.3, 0.4) is 0 Å². The van der Waals surface area contributed by atoms with Crippen molar-refractivity contribution >= 4 is 11.6 Å². The molecule has 1 saturated carbocycles. The highest BCUT2D eigenvalue weighted by Crippen LogP contribution is 2.33. The van der Waals surface area contributed by atoms with E-state index in [1.165, 1.54) is 0 Å². The van der Waals surface area contributed by atoms with Crippen molar-refractivity contribution in [3.8, 4) is 0 Å². The Morgan fingerprint density at radius 3 is 2.40 bits per heavy atom. The van der Waals surface area contributed by atoms with Gasteiger partial charge in [-0.2, -0.15) is 0 Å². The molecule has 60 valence electrons. The summed E-state index contributed by atoms with van der Waals surface area (Å²) in [5.74, 6) is 0.520. The zero-order valence-corrected chi connectivity index (χ0v) is 7.24. The smallest absolute Gasteiger partial charge is 0.104 e. The fourth-order valence-electron chi connectivity index (χ4n) is 1.52. The second-order valence-electron chi connectivity index (χ2n) is 3.47. The van der Waals surface area contributed by atoms with E-state index >= 15 is 0 Å². The fourth-order valence-corrected chi connectivity index (χ4v) is 1.98. The molecule has 1 fully saturated rings. The van der Waals surface area contributed by atoms with Crippen LogP contribution in [0.2, 0.25) is 0 Å². The number of hydrogen-bond acceptors (Lipinski definition) is 0. The van der Waals surface area contributed by atoms with E-state index in [9.17, 15) is 4.39 Å². The zero-order valence-electron chi connectivity index (χ0n) is 6.48. The molecule has 0 bridgehead atoms. The molecule has 0 aromatic rings. The third-order valence-corrected chi connectivity index (χ3v) is 2.97. The van der Waals surface area contributed by atoms with E-state index in [2.05, 4.69) is 6.92 Å². The Bertz CT molecular complexity index is 104. The SMILES string of the molecule is CC1CC(F)C(C)C(Cl)C1. The van der Waals surface area contributed by atoms with Crippen LogP contribution in [0.4, 0.5) is 4.39 Å². The van der Waals surface area contributed by atoms with Gasteiger partial charge < -0.3 is 0 Å². The first-order valence-corrected chi connectivity index (χ1v) is 4.33. The highest BCUT2D eigenvalue weighted by atomic mass is 35.5. The average Bonchev–Trinajstić information content (AvgIpc) is 1.82. The van der Waals surface area contributed by atoms with Gasteiger partial charge in [0.2, 0.25) is 0 Å². The quantitative estimate of drug-likeness (QED) is 0.483. The van der Waals surface area contributed by atoms with Gasteiger partial charge in [0.05, 0.1) is 0 Å². The van der Waals surface area contributed by atoms with Gasteiger partial charge in [-0.25, -0.2) is 4.39 Å². The summed E-state index contributed by atoms with van der Waals surface area (Å²) in [7, 11) is 0. The van der Waals surface area contributed by atoms with Crippen molar-refractivity contribution in [3.63, 3.8) is 0 Å². The van der Waals surface area contributed by atoms with Crippen LogP contribution < -0.4 is 0 Å². The lowest BCUT2D eigenvalue weighted by Crippen LogP contribution is -2.31. The van der Waals surface area contributed by atoms with Crippen LogP contribution in [-0.2, 0) is 0 Å². The van der Waals surface area contributed by atoms with Gasteiger partial charge in [-0.15, -0.1) is 11.6 Å². The summed E-state index contributed by atoms with van der Waals surface area (Å²) in [6, 6.07) is 0. The topological polar surface area (TPSA) is 0 Å². The Morgan fingerprint density at radius 2 is 1.90 bits per heavy atom. The van der Waals surface area contributed by atoms with E-state index in [4.69, 9.17) is 11.6 Å². The summed E-state index contributed by atoms with van der Waals surface area (Å²) >= 11 is 5.92. The lowest BCUT2D eigenvalue weighted by atomic mass is 9.82. The van der Waals surface area contributed by atoms with Crippen LogP contribution in [0.25, 0.3) is 0 Å². The van der Waals surface area contributed by atoms with Gasteiger partial charge in [-0.05, 0) is 18.8 Å². The third kappa shape index (κ3) is 1.63. The number of alkyl halides is 2. The molecule has 0 heterocycles. The molecular formula is C8H14ClF. The first-order chi connectivity index (χ1) is 4.61. The molecule has 0 nitrogen and oxygen atoms in total. The van der Waals surface area contributed by atoms with Crippen molar-refractivity contribution in [3.05, 3.63) is 0 Å². The number of halogens is 2. The van der Waals surface area contributed by atoms with E-state index in [-0.39, 0.29) is 11.3 Å². The van der Waals surface area contributed by atoms with Gasteiger partial charge in [0.25, 0.3) is 0 Å². The fraction of sp³-hybridized carbons (Fsp3) is 1.00. The maximum Gasteiger partial charge on any atom is 0.104 e. The molecule has 0 aliphatic heterocycles. The second-order valence-corrected chi connectivity index (χ2v) is 4.03. The summed E-state index contributed by atoms with van der Waals surface area (Å²) in [6.45, 7) is 3.96. The van der Waals surface area contributed by atoms with E-state index in [1.54, 1.807) is 0 Å². The standard InChI is InChI=1S/C8H14ClF/c1-5-3-7(9)6(2)8(10)4-5/h5-8H,3-4H2,1-2H3. The molecule has 4 atom stereocenters. The van der Waals surface area contributed by atoms with E-state index in [0.717, 1.165) is 6.42 Å². The van der Waals surface area contributed by atoms with Crippen molar-refractivity contribution in [2.75, 3.05) is 0 Å². The van der Waals surface area contributed by atoms with Crippen molar-refractivity contribution < 1.29 is 4.39 Å². The van der Waals surface area contributed by atoms with Gasteiger partial charge in [0.1, 0.15) is 6.17 Å². The van der Waals surface area contributed by atoms with Crippen LogP contribution in [-0.4, -0.2) is 11.5 Å². The van der Waals surface area contributed by atoms with Crippen molar-refractivity contribution in [1.29, 1.82) is 0 Å². The molecule has 4 unspecified atom stereocenters. The van der Waals surface area contributed by atoms with E-state index in [0.29, 0.717) is 12.3 Å². The maximum absolute atomic E-state index is 13.0. The molecule has 1 aliphatic rings. The molecule has 1 aliphatic carbocycles. The molecule has 0 saturated heterocycles. The van der Waals surface area contributed by atoms with E-state index in [1.807, 2.05) is 6.92 Å². The lowest BCUT2D eigenvalue weighted by molar-refractivity contribution is 0.148. The Hall–Kier alpha value is 0.220. The summed E-state index contributed by atoms with van der Waals surface area (Å²) in [5.41, 5.74) is 0. The van der Waals surface area contributed by atoms with Crippen LogP contribution in [0.5, 0.6) is 0 Å². The highest BCUT2D eigenvalue weighted by molar-refractivity contribution is 6.20. The Labute approximate surface area is 66.8 Å². The number of rotatable bonds is 0. The molecule has 0 spiro atoms. The molecule has 0 aromatic carbocycles. The minimum absolute atomic E-state index is 0.0536. The summed E-state index contributed by atoms with van der Waals surface area (Å²) < 4.78 is 13.0. The first kappa shape index (κ1) is 8.32. The predicted molar refractivity (Wildman–Crippen MR) is 42.1 cm³/mol. The van der Waals surface area contributed by atoms with Crippen molar-refractivity contribution in [1.82, 2.24) is 0 Å². The van der Waals surface area contributed by atoms with Gasteiger partial charge in [0, 0.05) is 11.3 Å². The molecule has 2 heteroatoms. The molecule has 10 heavy (non-hydrogen) atoms. The third-order valence-electron chi connectivity index (χ3n) is 2.40. The minimum atomic E-state index is -0.675. The van der Waals surface area contributed by atoms with Gasteiger partial charge >= 0.3 is 0 Å². The predicted octanol–water partition coefficient (Wildman–Crippen LogP) is 3.00. The first-order valence-electron chi connectivity index (χ1n) is 3.89. The lowest BCUT2D eigenvalue weighted by Gasteiger charge is -2.31. The van der Waals surface area contributed by atoms with Crippen LogP contribution in [0, 0.1) is 11.8 Å². The average molecular weight is 165 g/mol. The molecule has 0 aromatic heterocycles. The van der Waals surface area contributed by atoms with E-state index < -0.39 is 6.17 Å². The second kappa shape index (κ2) is 3.08. The molecule has 0 N–H and O–H groups in total. The maximum atomic E-state index is 13.0. The van der Waals surface area contributed by atoms with Gasteiger partial charge in [-0.3, -0.25) is 0 Å². The normalized spacial score (nSPS) is 49.2. The van der Waals surface area contributed by atoms with Gasteiger partial charge in [-0.1, -0.05) is 13.8 Å².